The average Bonchev–Trinajstić information content (AvgIpc) is 2.95. The van der Waals surface area contributed by atoms with Crippen LogP contribution in [0.2, 0.25) is 0 Å². The highest BCUT2D eigenvalue weighted by atomic mass is 16.6. The minimum absolute atomic E-state index is 0.0117. The summed E-state index contributed by atoms with van der Waals surface area (Å²) in [4.78, 5) is 59.8. The molecule has 2 atom stereocenters. The lowest BCUT2D eigenvalue weighted by Crippen LogP contribution is -2.63. The monoisotopic (exact) mass is 668 g/mol. The second-order valence-electron chi connectivity index (χ2n) is 17.2. The summed E-state index contributed by atoms with van der Waals surface area (Å²) in [5, 5.41) is 0. The Morgan fingerprint density at radius 3 is 1.23 bits per heavy atom. The summed E-state index contributed by atoms with van der Waals surface area (Å²) in [7, 11) is 0. The summed E-state index contributed by atoms with van der Waals surface area (Å²) in [6.45, 7) is 22.2. The minimum atomic E-state index is -0.954. The SMILES string of the molecule is CC(C)(C)OC(=O)CN1CC(CCN)(N(CC(=O)OC(C)(C)C)CC(=O)OC(C)(C)C)CN(CC(=O)OC(C)(C)C)[C@@H]2CCCC[C@H]21. The van der Waals surface area contributed by atoms with Gasteiger partial charge < -0.3 is 24.7 Å². The Labute approximate surface area is 283 Å². The highest BCUT2D eigenvalue weighted by Crippen LogP contribution is 2.36. The van der Waals surface area contributed by atoms with Crippen LogP contribution in [0.5, 0.6) is 0 Å². The topological polar surface area (TPSA) is 141 Å². The Balaban J connectivity index is 2.73. The molecule has 1 aliphatic heterocycles. The Kier molecular flexibility index (Phi) is 13.9. The number of fused-ring (bicyclic) bond motifs is 1. The third kappa shape index (κ3) is 14.4. The molecule has 272 valence electrons. The molecule has 47 heavy (non-hydrogen) atoms. The number of rotatable bonds is 11. The first kappa shape index (κ1) is 40.9. The van der Waals surface area contributed by atoms with E-state index in [2.05, 4.69) is 9.80 Å². The van der Waals surface area contributed by atoms with Crippen molar-refractivity contribution in [1.29, 1.82) is 0 Å². The number of carbonyl (C=O) groups excluding carboxylic acids is 4. The van der Waals surface area contributed by atoms with E-state index < -0.39 is 39.9 Å². The maximum absolute atomic E-state index is 13.5. The van der Waals surface area contributed by atoms with Gasteiger partial charge in [0.05, 0.1) is 26.2 Å². The van der Waals surface area contributed by atoms with Crippen molar-refractivity contribution < 1.29 is 38.1 Å². The van der Waals surface area contributed by atoms with Crippen LogP contribution in [-0.2, 0) is 38.1 Å². The van der Waals surface area contributed by atoms with Crippen molar-refractivity contribution in [3.05, 3.63) is 0 Å². The number of hydrogen-bond donors (Lipinski definition) is 1. The standard InChI is InChI=1S/C35H64N4O8/c1-31(2,3)44-27(40)19-37-23-35(17-18-36,39(21-29(42)46-33(7,8)9)22-30(43)47-34(10,11)12)24-38(20-28(41)45-32(4,5)6)26-16-14-13-15-25(26)37/h25-26H,13-24,36H2,1-12H3/t25-,26-/m1/s1. The third-order valence-corrected chi connectivity index (χ3v) is 7.89. The van der Waals surface area contributed by atoms with Crippen LogP contribution in [0.4, 0.5) is 0 Å². The van der Waals surface area contributed by atoms with E-state index in [1.54, 1.807) is 46.4 Å². The molecule has 1 heterocycles. The summed E-state index contributed by atoms with van der Waals surface area (Å²) in [5.74, 6) is -1.74. The Morgan fingerprint density at radius 2 is 0.936 bits per heavy atom. The molecule has 0 aromatic rings. The van der Waals surface area contributed by atoms with E-state index in [0.717, 1.165) is 25.7 Å². The molecule has 2 fully saturated rings. The molecular weight excluding hydrogens is 604 g/mol. The summed E-state index contributed by atoms with van der Waals surface area (Å²) in [6.07, 6.45) is 3.93. The van der Waals surface area contributed by atoms with E-state index in [0.29, 0.717) is 19.5 Å². The number of hydrogen-bond acceptors (Lipinski definition) is 12. The van der Waals surface area contributed by atoms with E-state index in [4.69, 9.17) is 24.7 Å². The zero-order valence-corrected chi connectivity index (χ0v) is 31.3. The van der Waals surface area contributed by atoms with Gasteiger partial charge in [-0.05, 0) is 109 Å². The van der Waals surface area contributed by atoms with Gasteiger partial charge in [-0.2, -0.15) is 0 Å². The normalized spacial score (nSPS) is 21.4. The Bertz CT molecular complexity index is 1010. The molecule has 0 amide bonds. The lowest BCUT2D eigenvalue weighted by Gasteiger charge is -2.46. The van der Waals surface area contributed by atoms with E-state index in [-0.39, 0.29) is 56.7 Å². The average molecular weight is 669 g/mol. The fourth-order valence-corrected chi connectivity index (χ4v) is 6.65. The summed E-state index contributed by atoms with van der Waals surface area (Å²) in [5.41, 5.74) is 2.52. The second kappa shape index (κ2) is 16.0. The number of esters is 4. The number of carbonyl (C=O) groups is 4. The van der Waals surface area contributed by atoms with Crippen molar-refractivity contribution in [3.63, 3.8) is 0 Å². The van der Waals surface area contributed by atoms with Gasteiger partial charge in [0.1, 0.15) is 22.4 Å². The summed E-state index contributed by atoms with van der Waals surface area (Å²) >= 11 is 0. The molecule has 2 rings (SSSR count). The molecule has 2 aliphatic rings. The van der Waals surface area contributed by atoms with Gasteiger partial charge in [-0.25, -0.2) is 0 Å². The number of nitrogens with two attached hydrogens (primary N) is 1. The lowest BCUT2D eigenvalue weighted by molar-refractivity contribution is -0.166. The van der Waals surface area contributed by atoms with Crippen molar-refractivity contribution >= 4 is 23.9 Å². The highest BCUT2D eigenvalue weighted by molar-refractivity contribution is 5.76. The maximum Gasteiger partial charge on any atom is 0.320 e. The molecule has 0 aromatic carbocycles. The molecule has 0 spiro atoms. The van der Waals surface area contributed by atoms with Crippen LogP contribution in [0.15, 0.2) is 0 Å². The summed E-state index contributed by atoms with van der Waals surface area (Å²) < 4.78 is 23.0. The number of nitrogens with zero attached hydrogens (tertiary/aromatic N) is 3. The molecule has 12 nitrogen and oxygen atoms in total. The van der Waals surface area contributed by atoms with Gasteiger partial charge in [0, 0.05) is 30.7 Å². The van der Waals surface area contributed by atoms with Crippen LogP contribution in [0.1, 0.15) is 115 Å². The van der Waals surface area contributed by atoms with E-state index >= 15 is 0 Å². The first-order valence-corrected chi connectivity index (χ1v) is 17.1. The van der Waals surface area contributed by atoms with Crippen LogP contribution in [0, 0.1) is 0 Å². The summed E-state index contributed by atoms with van der Waals surface area (Å²) in [6, 6.07) is -0.161. The van der Waals surface area contributed by atoms with Crippen LogP contribution in [0.25, 0.3) is 0 Å². The van der Waals surface area contributed by atoms with Gasteiger partial charge in [0.15, 0.2) is 0 Å². The first-order valence-electron chi connectivity index (χ1n) is 17.1. The fourth-order valence-electron chi connectivity index (χ4n) is 6.65. The molecule has 1 saturated carbocycles. The van der Waals surface area contributed by atoms with E-state index in [1.165, 1.54) is 0 Å². The van der Waals surface area contributed by atoms with Gasteiger partial charge >= 0.3 is 23.9 Å². The molecule has 0 radical (unpaired) electrons. The maximum atomic E-state index is 13.5. The van der Waals surface area contributed by atoms with Crippen molar-refractivity contribution in [2.75, 3.05) is 45.8 Å². The molecule has 0 bridgehead atoms. The van der Waals surface area contributed by atoms with Crippen molar-refractivity contribution in [2.45, 2.75) is 155 Å². The van der Waals surface area contributed by atoms with Crippen LogP contribution < -0.4 is 5.73 Å². The Hall–Kier alpha value is -2.28. The lowest BCUT2D eigenvalue weighted by atomic mass is 9.88. The van der Waals surface area contributed by atoms with Crippen LogP contribution in [0.3, 0.4) is 0 Å². The fraction of sp³-hybridized carbons (Fsp3) is 0.886. The van der Waals surface area contributed by atoms with Crippen LogP contribution in [-0.4, -0.2) is 124 Å². The van der Waals surface area contributed by atoms with Gasteiger partial charge in [0.25, 0.3) is 0 Å². The van der Waals surface area contributed by atoms with Gasteiger partial charge in [-0.3, -0.25) is 33.9 Å². The van der Waals surface area contributed by atoms with Gasteiger partial charge in [0.2, 0.25) is 0 Å². The largest absolute Gasteiger partial charge is 0.459 e. The van der Waals surface area contributed by atoms with Crippen molar-refractivity contribution in [2.24, 2.45) is 5.73 Å². The number of ether oxygens (including phenoxy) is 4. The van der Waals surface area contributed by atoms with Gasteiger partial charge in [-0.1, -0.05) is 12.8 Å². The smallest absolute Gasteiger partial charge is 0.320 e. The van der Waals surface area contributed by atoms with Crippen LogP contribution >= 0.6 is 0 Å². The molecule has 0 unspecified atom stereocenters. The van der Waals surface area contributed by atoms with Crippen molar-refractivity contribution in [1.82, 2.24) is 14.7 Å². The molecule has 0 aromatic heterocycles. The molecular formula is C35H64N4O8. The van der Waals surface area contributed by atoms with E-state index in [1.807, 2.05) is 41.5 Å². The zero-order valence-electron chi connectivity index (χ0n) is 31.3. The Morgan fingerprint density at radius 1 is 0.617 bits per heavy atom. The molecule has 12 heteroatoms. The van der Waals surface area contributed by atoms with Crippen molar-refractivity contribution in [3.8, 4) is 0 Å². The predicted octanol–water partition coefficient (Wildman–Crippen LogP) is 3.67. The highest BCUT2D eigenvalue weighted by Gasteiger charge is 2.50. The van der Waals surface area contributed by atoms with E-state index in [9.17, 15) is 19.2 Å². The molecule has 2 N–H and O–H groups in total. The van der Waals surface area contributed by atoms with Gasteiger partial charge in [-0.15, -0.1) is 0 Å². The first-order chi connectivity index (χ1) is 21.3. The molecule has 1 saturated heterocycles. The predicted molar refractivity (Wildman–Crippen MR) is 181 cm³/mol. The quantitative estimate of drug-likeness (QED) is 0.254. The third-order valence-electron chi connectivity index (χ3n) is 7.89. The zero-order chi connectivity index (χ0) is 36.0. The second-order valence-corrected chi connectivity index (χ2v) is 17.2. The molecule has 1 aliphatic carbocycles. The minimum Gasteiger partial charge on any atom is -0.459 e.